The van der Waals surface area contributed by atoms with E-state index in [1.54, 1.807) is 6.92 Å². The fourth-order valence-electron chi connectivity index (χ4n) is 2.06. The average Bonchev–Trinajstić information content (AvgIpc) is 2.84. The highest BCUT2D eigenvalue weighted by atomic mass is 16.6. The van der Waals surface area contributed by atoms with Gasteiger partial charge in [-0.05, 0) is 26.2 Å². The molecular formula is C13H23NO4. The Morgan fingerprint density at radius 3 is 2.67 bits per heavy atom. The lowest BCUT2D eigenvalue weighted by Crippen LogP contribution is -2.41. The Morgan fingerprint density at radius 2 is 2.00 bits per heavy atom. The predicted octanol–water partition coefficient (Wildman–Crippen LogP) is 2.34. The number of unbranched alkanes of at least 4 members (excludes halogenated alkanes) is 2. The summed E-state index contributed by atoms with van der Waals surface area (Å²) in [6, 6.07) is -0.453. The van der Waals surface area contributed by atoms with Gasteiger partial charge in [0.2, 0.25) is 0 Å². The van der Waals surface area contributed by atoms with Crippen molar-refractivity contribution in [1.82, 2.24) is 4.90 Å². The normalized spacial score (nSPS) is 18.8. The number of likely N-dealkylation sites (tertiary alicyclic amines) is 1. The van der Waals surface area contributed by atoms with Crippen LogP contribution >= 0.6 is 0 Å². The van der Waals surface area contributed by atoms with Crippen LogP contribution in [0.15, 0.2) is 0 Å². The van der Waals surface area contributed by atoms with Crippen molar-refractivity contribution in [2.45, 2.75) is 52.0 Å². The minimum absolute atomic E-state index is 0.295. The van der Waals surface area contributed by atoms with Crippen molar-refractivity contribution >= 4 is 12.1 Å². The number of ether oxygens (including phenoxy) is 2. The standard InChI is InChI=1S/C13H23NO4/c1-3-5-6-10-18-12(15)11-8-7-9-14(11)13(16)17-4-2/h11H,3-10H2,1-2H3. The van der Waals surface area contributed by atoms with Gasteiger partial charge in [-0.25, -0.2) is 9.59 Å². The van der Waals surface area contributed by atoms with E-state index >= 15 is 0 Å². The summed E-state index contributed by atoms with van der Waals surface area (Å²) < 4.78 is 10.1. The number of hydrogen-bond acceptors (Lipinski definition) is 4. The van der Waals surface area contributed by atoms with Crippen LogP contribution < -0.4 is 0 Å². The van der Waals surface area contributed by atoms with E-state index in [1.165, 1.54) is 4.90 Å². The van der Waals surface area contributed by atoms with Crippen LogP contribution in [0.1, 0.15) is 46.0 Å². The van der Waals surface area contributed by atoms with Crippen molar-refractivity contribution in [3.8, 4) is 0 Å². The highest BCUT2D eigenvalue weighted by Gasteiger charge is 2.35. The molecule has 1 aliphatic heterocycles. The second-order valence-corrected chi connectivity index (χ2v) is 4.42. The van der Waals surface area contributed by atoms with Crippen molar-refractivity contribution in [3.63, 3.8) is 0 Å². The molecule has 0 spiro atoms. The Bertz CT molecular complexity index is 280. The van der Waals surface area contributed by atoms with Crippen molar-refractivity contribution in [1.29, 1.82) is 0 Å². The largest absolute Gasteiger partial charge is 0.464 e. The molecule has 0 aromatic rings. The van der Waals surface area contributed by atoms with Gasteiger partial charge >= 0.3 is 12.1 Å². The number of esters is 1. The molecule has 0 N–H and O–H groups in total. The molecule has 0 aromatic heterocycles. The quantitative estimate of drug-likeness (QED) is 0.541. The molecule has 0 aromatic carbocycles. The van der Waals surface area contributed by atoms with Crippen LogP contribution in [0.25, 0.3) is 0 Å². The molecule has 5 nitrogen and oxygen atoms in total. The fraction of sp³-hybridized carbons (Fsp3) is 0.846. The average molecular weight is 257 g/mol. The molecule has 5 heteroatoms. The summed E-state index contributed by atoms with van der Waals surface area (Å²) in [7, 11) is 0. The first-order valence-corrected chi connectivity index (χ1v) is 6.80. The molecule has 0 aliphatic carbocycles. The second-order valence-electron chi connectivity index (χ2n) is 4.42. The van der Waals surface area contributed by atoms with Crippen molar-refractivity contribution < 1.29 is 19.1 Å². The highest BCUT2D eigenvalue weighted by molar-refractivity contribution is 5.82. The summed E-state index contributed by atoms with van der Waals surface area (Å²) in [5.41, 5.74) is 0. The number of nitrogens with zero attached hydrogens (tertiary/aromatic N) is 1. The SMILES string of the molecule is CCCCCOC(=O)C1CCCN1C(=O)OCC. The number of amides is 1. The van der Waals surface area contributed by atoms with Crippen LogP contribution in [0.4, 0.5) is 4.79 Å². The molecule has 1 rings (SSSR count). The van der Waals surface area contributed by atoms with Crippen molar-refractivity contribution in [3.05, 3.63) is 0 Å². The van der Waals surface area contributed by atoms with Crippen molar-refractivity contribution in [2.24, 2.45) is 0 Å². The summed E-state index contributed by atoms with van der Waals surface area (Å²) >= 11 is 0. The molecule has 0 saturated carbocycles. The van der Waals surface area contributed by atoms with Gasteiger partial charge < -0.3 is 9.47 Å². The third-order valence-electron chi connectivity index (χ3n) is 3.02. The van der Waals surface area contributed by atoms with Gasteiger partial charge in [0.1, 0.15) is 6.04 Å². The Morgan fingerprint density at radius 1 is 1.22 bits per heavy atom. The molecule has 18 heavy (non-hydrogen) atoms. The van der Waals surface area contributed by atoms with E-state index in [4.69, 9.17) is 9.47 Å². The lowest BCUT2D eigenvalue weighted by atomic mass is 10.2. The van der Waals surface area contributed by atoms with Gasteiger partial charge in [-0.1, -0.05) is 19.8 Å². The van der Waals surface area contributed by atoms with Crippen LogP contribution in [0.3, 0.4) is 0 Å². The molecule has 1 atom stereocenters. The van der Waals surface area contributed by atoms with Gasteiger partial charge in [0.05, 0.1) is 13.2 Å². The molecule has 104 valence electrons. The van der Waals surface area contributed by atoms with E-state index in [0.717, 1.165) is 25.7 Å². The first kappa shape index (κ1) is 14.8. The molecule has 1 unspecified atom stereocenters. The highest BCUT2D eigenvalue weighted by Crippen LogP contribution is 2.19. The number of carbonyl (C=O) groups excluding carboxylic acids is 2. The Balaban J connectivity index is 2.38. The molecule has 1 fully saturated rings. The summed E-state index contributed by atoms with van der Waals surface area (Å²) in [5.74, 6) is -0.295. The summed E-state index contributed by atoms with van der Waals surface area (Å²) in [6.45, 7) is 5.20. The van der Waals surface area contributed by atoms with Crippen LogP contribution in [0.5, 0.6) is 0 Å². The molecule has 1 amide bonds. The van der Waals surface area contributed by atoms with E-state index in [2.05, 4.69) is 6.92 Å². The predicted molar refractivity (Wildman–Crippen MR) is 67.2 cm³/mol. The topological polar surface area (TPSA) is 55.8 Å². The third-order valence-corrected chi connectivity index (χ3v) is 3.02. The summed E-state index contributed by atoms with van der Waals surface area (Å²) in [5, 5.41) is 0. The van der Waals surface area contributed by atoms with Gasteiger partial charge in [0, 0.05) is 6.54 Å². The van der Waals surface area contributed by atoms with Gasteiger partial charge in [-0.2, -0.15) is 0 Å². The van der Waals surface area contributed by atoms with E-state index in [9.17, 15) is 9.59 Å². The zero-order valence-corrected chi connectivity index (χ0v) is 11.3. The first-order valence-electron chi connectivity index (χ1n) is 6.80. The minimum atomic E-state index is -0.453. The minimum Gasteiger partial charge on any atom is -0.464 e. The van der Waals surface area contributed by atoms with Gasteiger partial charge in [-0.15, -0.1) is 0 Å². The Hall–Kier alpha value is -1.26. The number of hydrogen-bond donors (Lipinski definition) is 0. The fourth-order valence-corrected chi connectivity index (χ4v) is 2.06. The summed E-state index contributed by atoms with van der Waals surface area (Å²) in [6.07, 6.45) is 4.12. The molecule has 0 radical (unpaired) electrons. The van der Waals surface area contributed by atoms with E-state index < -0.39 is 12.1 Å². The maximum Gasteiger partial charge on any atom is 0.410 e. The zero-order valence-electron chi connectivity index (χ0n) is 11.3. The third kappa shape index (κ3) is 4.20. The maximum absolute atomic E-state index is 11.9. The van der Waals surface area contributed by atoms with Gasteiger partial charge in [-0.3, -0.25) is 4.90 Å². The van der Waals surface area contributed by atoms with Crippen molar-refractivity contribution in [2.75, 3.05) is 19.8 Å². The molecule has 0 bridgehead atoms. The van der Waals surface area contributed by atoms with Gasteiger partial charge in [0.25, 0.3) is 0 Å². The van der Waals surface area contributed by atoms with Crippen LogP contribution in [-0.2, 0) is 14.3 Å². The molecule has 1 heterocycles. The molecule has 1 aliphatic rings. The van der Waals surface area contributed by atoms with Crippen LogP contribution in [0.2, 0.25) is 0 Å². The number of rotatable bonds is 6. The number of carbonyl (C=O) groups is 2. The van der Waals surface area contributed by atoms with Crippen LogP contribution in [0, 0.1) is 0 Å². The molecular weight excluding hydrogens is 234 g/mol. The lowest BCUT2D eigenvalue weighted by molar-refractivity contribution is -0.148. The lowest BCUT2D eigenvalue weighted by Gasteiger charge is -2.22. The maximum atomic E-state index is 11.9. The van der Waals surface area contributed by atoms with E-state index in [0.29, 0.717) is 26.2 Å². The van der Waals surface area contributed by atoms with Crippen LogP contribution in [-0.4, -0.2) is 42.8 Å². The zero-order chi connectivity index (χ0) is 13.4. The smallest absolute Gasteiger partial charge is 0.410 e. The van der Waals surface area contributed by atoms with E-state index in [1.807, 2.05) is 0 Å². The molecule has 1 saturated heterocycles. The summed E-state index contributed by atoms with van der Waals surface area (Å²) in [4.78, 5) is 25.0. The van der Waals surface area contributed by atoms with Gasteiger partial charge in [0.15, 0.2) is 0 Å². The second kappa shape index (κ2) is 7.95. The Kier molecular flexibility index (Phi) is 6.54. The Labute approximate surface area is 108 Å². The first-order chi connectivity index (χ1) is 8.70. The monoisotopic (exact) mass is 257 g/mol. The van der Waals surface area contributed by atoms with E-state index in [-0.39, 0.29) is 5.97 Å².